The molecule has 0 saturated carbocycles. The highest BCUT2D eigenvalue weighted by atomic mass is 32.1. The van der Waals surface area contributed by atoms with Gasteiger partial charge >= 0.3 is 0 Å². The van der Waals surface area contributed by atoms with Crippen molar-refractivity contribution >= 4 is 92.4 Å². The van der Waals surface area contributed by atoms with Gasteiger partial charge in [-0.15, -0.1) is 11.3 Å². The normalized spacial score (nSPS) is 11.8. The third-order valence-corrected chi connectivity index (χ3v) is 12.7. The van der Waals surface area contributed by atoms with Gasteiger partial charge in [0.2, 0.25) is 0 Å². The lowest BCUT2D eigenvalue weighted by Gasteiger charge is -2.28. The van der Waals surface area contributed by atoms with Crippen LogP contribution in [0.4, 0.5) is 17.1 Å². The SMILES string of the molecule is c1ccc(-c2cc(-c3ccccc3)c3c(c2)oc2ccc(N(c4cccc5oc6ccccc6c45)c4ccc(-c5ccccc5)c5sc6ccccc6c45)cc23)cc1. The van der Waals surface area contributed by atoms with Gasteiger partial charge in [0, 0.05) is 42.0 Å². The first-order valence-corrected chi connectivity index (χ1v) is 20.4. The smallest absolute Gasteiger partial charge is 0.137 e. The summed E-state index contributed by atoms with van der Waals surface area (Å²) in [5, 5.41) is 6.78. The molecule has 0 atom stereocenters. The molecule has 0 spiro atoms. The Morgan fingerprint density at radius 1 is 0.345 bits per heavy atom. The summed E-state index contributed by atoms with van der Waals surface area (Å²) < 4.78 is 15.8. The summed E-state index contributed by atoms with van der Waals surface area (Å²) in [6.07, 6.45) is 0. The van der Waals surface area contributed by atoms with E-state index in [-0.39, 0.29) is 0 Å². The molecule has 272 valence electrons. The highest BCUT2D eigenvalue weighted by Crippen LogP contribution is 2.51. The second kappa shape index (κ2) is 13.1. The molecule has 0 amide bonds. The van der Waals surface area contributed by atoms with Gasteiger partial charge < -0.3 is 13.7 Å². The van der Waals surface area contributed by atoms with E-state index in [9.17, 15) is 0 Å². The lowest BCUT2D eigenvalue weighted by Crippen LogP contribution is -2.11. The highest BCUT2D eigenvalue weighted by molar-refractivity contribution is 7.26. The van der Waals surface area contributed by atoms with Gasteiger partial charge in [-0.2, -0.15) is 0 Å². The minimum atomic E-state index is 0.846. The van der Waals surface area contributed by atoms with Gasteiger partial charge in [0.15, 0.2) is 0 Å². The number of para-hydroxylation sites is 1. The van der Waals surface area contributed by atoms with Gasteiger partial charge in [-0.25, -0.2) is 0 Å². The van der Waals surface area contributed by atoms with Gasteiger partial charge in [-0.3, -0.25) is 0 Å². The maximum absolute atomic E-state index is 6.79. The molecule has 0 radical (unpaired) electrons. The standard InChI is InChI=1S/C54H33NO2S/c1-4-15-34(16-5-1)37-31-42(36-19-8-3-9-20-36)51-43-33-38(27-30-47(43)57-49(51)32-37)55(44-23-14-25-48-52(44)40-21-10-12-24-46(40)56-48)45-29-28-39(35-17-6-2-7-18-35)54-53(45)41-22-11-13-26-50(41)58-54/h1-33H. The predicted octanol–water partition coefficient (Wildman–Crippen LogP) is 16.3. The fraction of sp³-hybridized carbons (Fsp3) is 0. The molecule has 0 bridgehead atoms. The van der Waals surface area contributed by atoms with E-state index in [1.807, 2.05) is 17.4 Å². The predicted molar refractivity (Wildman–Crippen MR) is 245 cm³/mol. The van der Waals surface area contributed by atoms with Crippen LogP contribution in [0.15, 0.2) is 209 Å². The number of hydrogen-bond donors (Lipinski definition) is 0. The van der Waals surface area contributed by atoms with Crippen LogP contribution in [0, 0.1) is 0 Å². The average molecular weight is 760 g/mol. The van der Waals surface area contributed by atoms with E-state index in [2.05, 4.69) is 199 Å². The quantitative estimate of drug-likeness (QED) is 0.169. The summed E-state index contributed by atoms with van der Waals surface area (Å²) in [6.45, 7) is 0. The van der Waals surface area contributed by atoms with Crippen molar-refractivity contribution in [3.63, 3.8) is 0 Å². The number of furan rings is 2. The van der Waals surface area contributed by atoms with E-state index in [1.165, 1.54) is 31.3 Å². The third kappa shape index (κ3) is 5.12. The number of rotatable bonds is 6. The number of benzene rings is 9. The fourth-order valence-electron chi connectivity index (χ4n) is 8.87. The Kier molecular flexibility index (Phi) is 7.40. The zero-order valence-electron chi connectivity index (χ0n) is 31.2. The van der Waals surface area contributed by atoms with Crippen LogP contribution in [-0.2, 0) is 0 Å². The molecule has 3 heterocycles. The first-order chi connectivity index (χ1) is 28.8. The van der Waals surface area contributed by atoms with Crippen LogP contribution in [0.3, 0.4) is 0 Å². The first kappa shape index (κ1) is 32.8. The molecule has 4 heteroatoms. The second-order valence-electron chi connectivity index (χ2n) is 14.8. The van der Waals surface area contributed by atoms with E-state index in [1.54, 1.807) is 0 Å². The van der Waals surface area contributed by atoms with E-state index in [0.29, 0.717) is 0 Å². The Bertz CT molecular complexity index is 3510. The molecular weight excluding hydrogens is 727 g/mol. The summed E-state index contributed by atoms with van der Waals surface area (Å²) in [5.41, 5.74) is 13.6. The van der Waals surface area contributed by atoms with E-state index in [0.717, 1.165) is 83.2 Å². The Morgan fingerprint density at radius 2 is 0.966 bits per heavy atom. The van der Waals surface area contributed by atoms with E-state index < -0.39 is 0 Å². The molecule has 3 aromatic heterocycles. The largest absolute Gasteiger partial charge is 0.456 e. The molecule has 0 N–H and O–H groups in total. The molecule has 12 rings (SSSR count). The van der Waals surface area contributed by atoms with Crippen molar-refractivity contribution in [3.8, 4) is 33.4 Å². The summed E-state index contributed by atoms with van der Waals surface area (Å²) in [6, 6.07) is 71.3. The van der Waals surface area contributed by atoms with Gasteiger partial charge in [0.25, 0.3) is 0 Å². The number of thiophene rings is 1. The molecule has 0 aliphatic heterocycles. The van der Waals surface area contributed by atoms with Crippen molar-refractivity contribution in [2.75, 3.05) is 4.90 Å². The molecule has 0 aliphatic rings. The molecular formula is C54H33NO2S. The molecule has 12 aromatic rings. The van der Waals surface area contributed by atoms with E-state index in [4.69, 9.17) is 8.83 Å². The Hall–Kier alpha value is -7.40. The monoisotopic (exact) mass is 759 g/mol. The van der Waals surface area contributed by atoms with Crippen molar-refractivity contribution in [3.05, 3.63) is 200 Å². The Labute approximate surface area is 338 Å². The number of nitrogens with zero attached hydrogens (tertiary/aromatic N) is 1. The molecule has 0 fully saturated rings. The average Bonchev–Trinajstić information content (AvgIpc) is 3.99. The van der Waals surface area contributed by atoms with Gasteiger partial charge in [-0.1, -0.05) is 140 Å². The van der Waals surface area contributed by atoms with Gasteiger partial charge in [0.05, 0.1) is 16.8 Å². The van der Waals surface area contributed by atoms with Crippen molar-refractivity contribution in [2.45, 2.75) is 0 Å². The highest BCUT2D eigenvalue weighted by Gasteiger charge is 2.25. The first-order valence-electron chi connectivity index (χ1n) is 19.6. The molecule has 58 heavy (non-hydrogen) atoms. The second-order valence-corrected chi connectivity index (χ2v) is 15.8. The molecule has 0 aliphatic carbocycles. The minimum absolute atomic E-state index is 0.846. The summed E-state index contributed by atoms with van der Waals surface area (Å²) in [7, 11) is 0. The van der Waals surface area contributed by atoms with Crippen LogP contribution >= 0.6 is 11.3 Å². The maximum atomic E-state index is 6.79. The summed E-state index contributed by atoms with van der Waals surface area (Å²) in [4.78, 5) is 2.44. The molecule has 3 nitrogen and oxygen atoms in total. The van der Waals surface area contributed by atoms with Crippen LogP contribution in [0.2, 0.25) is 0 Å². The van der Waals surface area contributed by atoms with Crippen LogP contribution in [-0.4, -0.2) is 0 Å². The van der Waals surface area contributed by atoms with Crippen molar-refractivity contribution in [2.24, 2.45) is 0 Å². The Morgan fingerprint density at radius 3 is 1.76 bits per heavy atom. The number of anilines is 3. The van der Waals surface area contributed by atoms with Crippen LogP contribution in [0.1, 0.15) is 0 Å². The lowest BCUT2D eigenvalue weighted by molar-refractivity contribution is 0.668. The van der Waals surface area contributed by atoms with E-state index >= 15 is 0 Å². The summed E-state index contributed by atoms with van der Waals surface area (Å²) >= 11 is 1.86. The Balaban J connectivity index is 1.18. The minimum Gasteiger partial charge on any atom is -0.456 e. The number of fused-ring (bicyclic) bond motifs is 9. The zero-order chi connectivity index (χ0) is 38.2. The summed E-state index contributed by atoms with van der Waals surface area (Å²) in [5.74, 6) is 0. The zero-order valence-corrected chi connectivity index (χ0v) is 32.0. The van der Waals surface area contributed by atoms with Crippen LogP contribution in [0.25, 0.3) is 97.4 Å². The van der Waals surface area contributed by atoms with Gasteiger partial charge in [-0.05, 0) is 94.0 Å². The molecule has 0 saturated heterocycles. The van der Waals surface area contributed by atoms with Gasteiger partial charge in [0.1, 0.15) is 22.3 Å². The topological polar surface area (TPSA) is 29.5 Å². The molecule has 9 aromatic carbocycles. The van der Waals surface area contributed by atoms with Crippen LogP contribution < -0.4 is 4.90 Å². The molecule has 0 unspecified atom stereocenters. The maximum Gasteiger partial charge on any atom is 0.137 e. The number of hydrogen-bond acceptors (Lipinski definition) is 4. The fourth-order valence-corrected chi connectivity index (χ4v) is 10.1. The van der Waals surface area contributed by atoms with Crippen LogP contribution in [0.5, 0.6) is 0 Å². The van der Waals surface area contributed by atoms with Crippen molar-refractivity contribution < 1.29 is 8.83 Å². The van der Waals surface area contributed by atoms with Crippen molar-refractivity contribution in [1.82, 2.24) is 0 Å². The van der Waals surface area contributed by atoms with Crippen molar-refractivity contribution in [1.29, 1.82) is 0 Å². The third-order valence-electron chi connectivity index (χ3n) is 11.5. The lowest BCUT2D eigenvalue weighted by atomic mass is 9.94.